The molecule has 1 heterocycles. The van der Waals surface area contributed by atoms with Crippen LogP contribution in [0.3, 0.4) is 0 Å². The number of nitrogens with one attached hydrogen (secondary N) is 1. The Morgan fingerprint density at radius 2 is 1.68 bits per heavy atom. The van der Waals surface area contributed by atoms with Crippen LogP contribution in [0.15, 0.2) is 53.4 Å². The molecule has 0 unspecified atom stereocenters. The largest absolute Gasteiger partial charge is 0.368 e. The number of rotatable bonds is 6. The second-order valence-electron chi connectivity index (χ2n) is 6.73. The first-order chi connectivity index (χ1) is 13.4. The third kappa shape index (κ3) is 4.84. The number of hydrogen-bond acceptors (Lipinski definition) is 4. The van der Waals surface area contributed by atoms with E-state index in [1.54, 1.807) is 17.0 Å². The molecule has 0 spiro atoms. The van der Waals surface area contributed by atoms with E-state index in [1.807, 2.05) is 12.1 Å². The summed E-state index contributed by atoms with van der Waals surface area (Å²) in [5, 5.41) is 0.161. The fourth-order valence-corrected chi connectivity index (χ4v) is 4.86. The Labute approximate surface area is 171 Å². The van der Waals surface area contributed by atoms with Gasteiger partial charge in [0.2, 0.25) is 15.9 Å². The van der Waals surface area contributed by atoms with Gasteiger partial charge in [0.25, 0.3) is 0 Å². The van der Waals surface area contributed by atoms with Crippen molar-refractivity contribution in [2.75, 3.05) is 37.6 Å². The van der Waals surface area contributed by atoms with Crippen LogP contribution in [0.25, 0.3) is 0 Å². The van der Waals surface area contributed by atoms with Gasteiger partial charge in [0.05, 0.1) is 5.02 Å². The number of halogens is 1. The lowest BCUT2D eigenvalue weighted by molar-refractivity contribution is -0.131. The normalized spacial score (nSPS) is 14.9. The number of benzene rings is 2. The van der Waals surface area contributed by atoms with Crippen LogP contribution in [0, 0.1) is 6.92 Å². The molecule has 0 atom stereocenters. The van der Waals surface area contributed by atoms with Gasteiger partial charge in [-0.15, -0.1) is 0 Å². The maximum atomic E-state index is 12.4. The number of hydrogen-bond donors (Lipinski definition) is 1. The highest BCUT2D eigenvalue weighted by atomic mass is 35.5. The first kappa shape index (κ1) is 20.6. The van der Waals surface area contributed by atoms with Gasteiger partial charge >= 0.3 is 0 Å². The predicted octanol–water partition coefficient (Wildman–Crippen LogP) is 2.67. The smallest absolute Gasteiger partial charge is 0.242 e. The van der Waals surface area contributed by atoms with Crippen molar-refractivity contribution in [2.24, 2.45) is 0 Å². The van der Waals surface area contributed by atoms with Crippen molar-refractivity contribution < 1.29 is 13.2 Å². The van der Waals surface area contributed by atoms with Gasteiger partial charge in [0.1, 0.15) is 4.90 Å². The molecule has 8 heteroatoms. The molecule has 1 amide bonds. The second kappa shape index (κ2) is 8.94. The van der Waals surface area contributed by atoms with Crippen LogP contribution in [0.1, 0.15) is 12.0 Å². The molecule has 2 aromatic carbocycles. The van der Waals surface area contributed by atoms with Crippen molar-refractivity contribution >= 4 is 33.2 Å². The zero-order valence-electron chi connectivity index (χ0n) is 15.8. The van der Waals surface area contributed by atoms with Gasteiger partial charge in [-0.1, -0.05) is 41.9 Å². The highest BCUT2D eigenvalue weighted by molar-refractivity contribution is 7.89. The van der Waals surface area contributed by atoms with E-state index in [4.69, 9.17) is 11.6 Å². The quantitative estimate of drug-likeness (QED) is 0.778. The summed E-state index contributed by atoms with van der Waals surface area (Å²) in [4.78, 5) is 16.5. The number of nitrogens with zero attached hydrogens (tertiary/aromatic N) is 2. The topological polar surface area (TPSA) is 69.7 Å². The molecule has 1 saturated heterocycles. The van der Waals surface area contributed by atoms with Gasteiger partial charge in [0.15, 0.2) is 0 Å². The van der Waals surface area contributed by atoms with Gasteiger partial charge in [-0.25, -0.2) is 13.1 Å². The van der Waals surface area contributed by atoms with Crippen LogP contribution >= 0.6 is 11.6 Å². The van der Waals surface area contributed by atoms with E-state index < -0.39 is 10.0 Å². The van der Waals surface area contributed by atoms with Crippen LogP contribution < -0.4 is 9.62 Å². The van der Waals surface area contributed by atoms with Gasteiger partial charge < -0.3 is 9.80 Å². The Kier molecular flexibility index (Phi) is 6.59. The number of carbonyl (C=O) groups excluding carboxylic acids is 1. The van der Waals surface area contributed by atoms with E-state index in [9.17, 15) is 13.2 Å². The summed E-state index contributed by atoms with van der Waals surface area (Å²) in [7, 11) is -3.73. The number of anilines is 1. The molecular formula is C20H24ClN3O3S. The molecule has 1 aliphatic rings. The van der Waals surface area contributed by atoms with Gasteiger partial charge in [0, 0.05) is 44.8 Å². The van der Waals surface area contributed by atoms with Gasteiger partial charge in [-0.2, -0.15) is 0 Å². The molecule has 0 radical (unpaired) electrons. The summed E-state index contributed by atoms with van der Waals surface area (Å²) in [6, 6.07) is 14.5. The first-order valence-electron chi connectivity index (χ1n) is 9.21. The van der Waals surface area contributed by atoms with E-state index in [0.717, 1.165) is 13.1 Å². The Morgan fingerprint density at radius 3 is 2.36 bits per heavy atom. The van der Waals surface area contributed by atoms with Crippen LogP contribution in [-0.4, -0.2) is 51.9 Å². The van der Waals surface area contributed by atoms with Crippen molar-refractivity contribution in [1.29, 1.82) is 0 Å². The van der Waals surface area contributed by atoms with Crippen molar-refractivity contribution in [3.63, 3.8) is 0 Å². The van der Waals surface area contributed by atoms with E-state index in [-0.39, 0.29) is 28.8 Å². The van der Waals surface area contributed by atoms with Crippen LogP contribution in [-0.2, 0) is 14.8 Å². The Morgan fingerprint density at radius 1 is 1.04 bits per heavy atom. The lowest BCUT2D eigenvalue weighted by Crippen LogP contribution is -2.49. The maximum absolute atomic E-state index is 12.4. The van der Waals surface area contributed by atoms with Crippen molar-refractivity contribution in [3.8, 4) is 0 Å². The average molecular weight is 422 g/mol. The molecule has 0 aliphatic carbocycles. The number of piperazine rings is 1. The van der Waals surface area contributed by atoms with E-state index in [2.05, 4.69) is 28.7 Å². The molecule has 3 rings (SSSR count). The Hall–Kier alpha value is -2.09. The second-order valence-corrected chi connectivity index (χ2v) is 8.88. The SMILES string of the molecule is Cc1ccccc1N1CCN(C(=O)CCNS(=O)(=O)c2ccccc2Cl)CC1. The zero-order chi connectivity index (χ0) is 20.1. The molecule has 1 aliphatic heterocycles. The third-order valence-electron chi connectivity index (χ3n) is 4.85. The molecule has 28 heavy (non-hydrogen) atoms. The summed E-state index contributed by atoms with van der Waals surface area (Å²) in [5.41, 5.74) is 2.42. The fraction of sp³-hybridized carbons (Fsp3) is 0.350. The average Bonchev–Trinajstić information content (AvgIpc) is 2.68. The standard InChI is InChI=1S/C20H24ClN3O3S/c1-16-6-2-4-8-18(16)23-12-14-24(15-13-23)20(25)10-11-22-28(26,27)19-9-5-3-7-17(19)21/h2-9,22H,10-15H2,1H3. The van der Waals surface area contributed by atoms with Crippen molar-refractivity contribution in [2.45, 2.75) is 18.2 Å². The number of amides is 1. The fourth-order valence-electron chi connectivity index (χ4n) is 3.31. The van der Waals surface area contributed by atoms with Crippen molar-refractivity contribution in [3.05, 3.63) is 59.1 Å². The van der Waals surface area contributed by atoms with Crippen LogP contribution in [0.5, 0.6) is 0 Å². The van der Waals surface area contributed by atoms with Crippen LogP contribution in [0.2, 0.25) is 5.02 Å². The summed E-state index contributed by atoms with van der Waals surface area (Å²) >= 11 is 5.95. The molecule has 2 aromatic rings. The molecule has 150 valence electrons. The minimum Gasteiger partial charge on any atom is -0.368 e. The molecule has 6 nitrogen and oxygen atoms in total. The van der Waals surface area contributed by atoms with Gasteiger partial charge in [-0.05, 0) is 30.7 Å². The zero-order valence-corrected chi connectivity index (χ0v) is 17.3. The summed E-state index contributed by atoms with van der Waals surface area (Å²) in [6.45, 7) is 4.92. The lowest BCUT2D eigenvalue weighted by Gasteiger charge is -2.36. The number of para-hydroxylation sites is 1. The third-order valence-corrected chi connectivity index (χ3v) is 6.81. The Balaban J connectivity index is 1.49. The van der Waals surface area contributed by atoms with E-state index in [0.29, 0.717) is 13.1 Å². The first-order valence-corrected chi connectivity index (χ1v) is 11.1. The monoisotopic (exact) mass is 421 g/mol. The minimum atomic E-state index is -3.73. The van der Waals surface area contributed by atoms with Gasteiger partial charge in [-0.3, -0.25) is 4.79 Å². The highest BCUT2D eigenvalue weighted by Crippen LogP contribution is 2.21. The molecular weight excluding hydrogens is 398 g/mol. The molecule has 0 saturated carbocycles. The number of carbonyl (C=O) groups is 1. The lowest BCUT2D eigenvalue weighted by atomic mass is 10.1. The number of sulfonamides is 1. The maximum Gasteiger partial charge on any atom is 0.242 e. The molecule has 0 aromatic heterocycles. The summed E-state index contributed by atoms with van der Waals surface area (Å²) in [6.07, 6.45) is 0.119. The summed E-state index contributed by atoms with van der Waals surface area (Å²) in [5.74, 6) is -0.0497. The molecule has 1 N–H and O–H groups in total. The molecule has 1 fully saturated rings. The minimum absolute atomic E-state index is 0.0240. The van der Waals surface area contributed by atoms with Crippen LogP contribution in [0.4, 0.5) is 5.69 Å². The highest BCUT2D eigenvalue weighted by Gasteiger charge is 2.23. The summed E-state index contributed by atoms with van der Waals surface area (Å²) < 4.78 is 27.1. The van der Waals surface area contributed by atoms with E-state index in [1.165, 1.54) is 23.4 Å². The number of aryl methyl sites for hydroxylation is 1. The molecule has 0 bridgehead atoms. The Bertz CT molecular complexity index is 941. The predicted molar refractivity (Wildman–Crippen MR) is 111 cm³/mol. The van der Waals surface area contributed by atoms with Crippen molar-refractivity contribution in [1.82, 2.24) is 9.62 Å². The van der Waals surface area contributed by atoms with E-state index >= 15 is 0 Å².